The summed E-state index contributed by atoms with van der Waals surface area (Å²) in [6.45, 7) is 2.25. The van der Waals surface area contributed by atoms with E-state index in [9.17, 15) is 14.7 Å². The summed E-state index contributed by atoms with van der Waals surface area (Å²) in [5, 5.41) is 11.9. The highest BCUT2D eigenvalue weighted by Gasteiger charge is 2.42. The molecular formula is C13H23NO5. The maximum Gasteiger partial charge on any atom is 0.307 e. The summed E-state index contributed by atoms with van der Waals surface area (Å²) in [6, 6.07) is 0. The lowest BCUT2D eigenvalue weighted by atomic mass is 9.95. The Bertz CT molecular complexity index is 316. The van der Waals surface area contributed by atoms with E-state index < -0.39 is 24.1 Å². The van der Waals surface area contributed by atoms with Crippen molar-refractivity contribution in [1.29, 1.82) is 0 Å². The quantitative estimate of drug-likeness (QED) is 0.672. The van der Waals surface area contributed by atoms with Gasteiger partial charge >= 0.3 is 5.97 Å². The summed E-state index contributed by atoms with van der Waals surface area (Å²) < 4.78 is 9.95. The van der Waals surface area contributed by atoms with Crippen molar-refractivity contribution in [2.75, 3.05) is 20.8 Å². The van der Waals surface area contributed by atoms with Gasteiger partial charge in [-0.3, -0.25) is 9.59 Å². The number of rotatable bonds is 7. The Morgan fingerprint density at radius 2 is 1.84 bits per heavy atom. The first-order chi connectivity index (χ1) is 9.03. The second kappa shape index (κ2) is 7.45. The normalized spacial score (nSPS) is 26.6. The monoisotopic (exact) mass is 273 g/mol. The fraction of sp³-hybridized carbons (Fsp3) is 0.846. The van der Waals surface area contributed by atoms with Crippen LogP contribution >= 0.6 is 0 Å². The van der Waals surface area contributed by atoms with Gasteiger partial charge < -0.3 is 19.9 Å². The van der Waals surface area contributed by atoms with Gasteiger partial charge in [-0.2, -0.15) is 0 Å². The van der Waals surface area contributed by atoms with Crippen LogP contribution < -0.4 is 5.32 Å². The standard InChI is InChI=1S/C13H23NO5/c1-4-8-5-9(10(6-8)13(16)17)12(15)14-7-11(18-2)19-3/h8-11H,4-7H2,1-3H3,(H,14,15)(H,16,17)/t8?,9-,10+/m0/s1. The molecule has 1 aliphatic rings. The number of carbonyl (C=O) groups excluding carboxylic acids is 1. The van der Waals surface area contributed by atoms with E-state index in [2.05, 4.69) is 5.32 Å². The molecule has 0 spiro atoms. The minimum atomic E-state index is -0.883. The number of carbonyl (C=O) groups is 2. The Morgan fingerprint density at radius 3 is 2.32 bits per heavy atom. The third-order valence-electron chi connectivity index (χ3n) is 3.86. The summed E-state index contributed by atoms with van der Waals surface area (Å²) >= 11 is 0. The zero-order valence-corrected chi connectivity index (χ0v) is 11.7. The first kappa shape index (κ1) is 15.9. The third kappa shape index (κ3) is 4.18. The molecule has 1 unspecified atom stereocenters. The lowest BCUT2D eigenvalue weighted by Crippen LogP contribution is -2.40. The van der Waals surface area contributed by atoms with Gasteiger partial charge in [-0.15, -0.1) is 0 Å². The van der Waals surface area contributed by atoms with Crippen LogP contribution in [0, 0.1) is 17.8 Å². The average molecular weight is 273 g/mol. The van der Waals surface area contributed by atoms with Gasteiger partial charge in [0.1, 0.15) is 0 Å². The maximum atomic E-state index is 12.1. The lowest BCUT2D eigenvalue weighted by molar-refractivity contribution is -0.146. The van der Waals surface area contributed by atoms with E-state index in [0.29, 0.717) is 18.8 Å². The minimum Gasteiger partial charge on any atom is -0.481 e. The van der Waals surface area contributed by atoms with Crippen molar-refractivity contribution in [2.24, 2.45) is 17.8 Å². The van der Waals surface area contributed by atoms with Crippen molar-refractivity contribution < 1.29 is 24.2 Å². The molecule has 0 aromatic rings. The van der Waals surface area contributed by atoms with Gasteiger partial charge in [0.15, 0.2) is 6.29 Å². The van der Waals surface area contributed by atoms with Gasteiger partial charge in [0.25, 0.3) is 0 Å². The average Bonchev–Trinajstić information content (AvgIpc) is 2.84. The molecule has 1 fully saturated rings. The van der Waals surface area contributed by atoms with Crippen molar-refractivity contribution in [1.82, 2.24) is 5.32 Å². The predicted octanol–water partition coefficient (Wildman–Crippen LogP) is 0.859. The first-order valence-electron chi connectivity index (χ1n) is 6.59. The number of hydrogen-bond donors (Lipinski definition) is 2. The Morgan fingerprint density at radius 1 is 1.26 bits per heavy atom. The van der Waals surface area contributed by atoms with Crippen LogP contribution in [0.1, 0.15) is 26.2 Å². The number of carboxylic acid groups (broad SMARTS) is 1. The summed E-state index contributed by atoms with van der Waals surface area (Å²) in [5.74, 6) is -1.81. The summed E-state index contributed by atoms with van der Waals surface area (Å²) in [5.41, 5.74) is 0. The topological polar surface area (TPSA) is 84.9 Å². The Kier molecular flexibility index (Phi) is 6.24. The van der Waals surface area contributed by atoms with Crippen LogP contribution in [-0.2, 0) is 19.1 Å². The largest absolute Gasteiger partial charge is 0.481 e. The van der Waals surface area contributed by atoms with Crippen molar-refractivity contribution >= 4 is 11.9 Å². The highest BCUT2D eigenvalue weighted by Crippen LogP contribution is 2.38. The molecule has 19 heavy (non-hydrogen) atoms. The Hall–Kier alpha value is -1.14. The molecule has 1 amide bonds. The van der Waals surface area contributed by atoms with E-state index in [0.717, 1.165) is 6.42 Å². The number of ether oxygens (including phenoxy) is 2. The number of amides is 1. The first-order valence-corrected chi connectivity index (χ1v) is 6.59. The molecule has 3 atom stereocenters. The van der Waals surface area contributed by atoms with Crippen LogP contribution in [-0.4, -0.2) is 44.0 Å². The fourth-order valence-electron chi connectivity index (χ4n) is 2.62. The molecule has 0 radical (unpaired) electrons. The lowest BCUT2D eigenvalue weighted by Gasteiger charge is -2.18. The molecule has 1 saturated carbocycles. The SMILES string of the molecule is CCC1C[C@H](C(=O)NCC(OC)OC)[C@H](C(=O)O)C1. The Balaban J connectivity index is 2.56. The maximum absolute atomic E-state index is 12.1. The molecule has 6 nitrogen and oxygen atoms in total. The molecule has 1 rings (SSSR count). The van der Waals surface area contributed by atoms with Gasteiger partial charge in [0.2, 0.25) is 5.91 Å². The van der Waals surface area contributed by atoms with Crippen molar-refractivity contribution in [2.45, 2.75) is 32.5 Å². The highest BCUT2D eigenvalue weighted by atomic mass is 16.7. The van der Waals surface area contributed by atoms with Crippen LogP contribution in [0.4, 0.5) is 0 Å². The van der Waals surface area contributed by atoms with E-state index >= 15 is 0 Å². The van der Waals surface area contributed by atoms with Crippen LogP contribution in [0.3, 0.4) is 0 Å². The fourth-order valence-corrected chi connectivity index (χ4v) is 2.62. The molecule has 1 aliphatic carbocycles. The van der Waals surface area contributed by atoms with Gasteiger partial charge in [-0.05, 0) is 18.8 Å². The zero-order valence-electron chi connectivity index (χ0n) is 11.7. The second-order valence-corrected chi connectivity index (χ2v) is 4.94. The predicted molar refractivity (Wildman–Crippen MR) is 68.4 cm³/mol. The third-order valence-corrected chi connectivity index (χ3v) is 3.86. The van der Waals surface area contributed by atoms with E-state index in [-0.39, 0.29) is 12.5 Å². The summed E-state index contributed by atoms with van der Waals surface area (Å²) in [4.78, 5) is 23.3. The van der Waals surface area contributed by atoms with Crippen molar-refractivity contribution in [3.8, 4) is 0 Å². The van der Waals surface area contributed by atoms with E-state index in [1.807, 2.05) is 6.92 Å². The molecule has 110 valence electrons. The molecule has 0 aromatic carbocycles. The van der Waals surface area contributed by atoms with Crippen LogP contribution in [0.5, 0.6) is 0 Å². The Labute approximate surface area is 113 Å². The molecule has 6 heteroatoms. The van der Waals surface area contributed by atoms with Crippen molar-refractivity contribution in [3.05, 3.63) is 0 Å². The number of methoxy groups -OCH3 is 2. The molecule has 0 saturated heterocycles. The molecule has 0 heterocycles. The smallest absolute Gasteiger partial charge is 0.307 e. The second-order valence-electron chi connectivity index (χ2n) is 4.94. The van der Waals surface area contributed by atoms with Crippen LogP contribution in [0.15, 0.2) is 0 Å². The van der Waals surface area contributed by atoms with Gasteiger partial charge in [-0.1, -0.05) is 13.3 Å². The summed E-state index contributed by atoms with van der Waals surface area (Å²) in [7, 11) is 2.98. The van der Waals surface area contributed by atoms with E-state index in [4.69, 9.17) is 9.47 Å². The number of hydrogen-bond acceptors (Lipinski definition) is 4. The molecule has 0 bridgehead atoms. The molecule has 2 N–H and O–H groups in total. The van der Waals surface area contributed by atoms with Crippen LogP contribution in [0.25, 0.3) is 0 Å². The van der Waals surface area contributed by atoms with Gasteiger partial charge in [-0.25, -0.2) is 0 Å². The number of carboxylic acids is 1. The van der Waals surface area contributed by atoms with Gasteiger partial charge in [0, 0.05) is 14.2 Å². The molecule has 0 aromatic heterocycles. The summed E-state index contributed by atoms with van der Waals surface area (Å²) in [6.07, 6.45) is 1.63. The molecule has 0 aliphatic heterocycles. The van der Waals surface area contributed by atoms with E-state index in [1.165, 1.54) is 14.2 Å². The van der Waals surface area contributed by atoms with Crippen LogP contribution in [0.2, 0.25) is 0 Å². The highest BCUT2D eigenvalue weighted by molar-refractivity contribution is 5.85. The minimum absolute atomic E-state index is 0.220. The zero-order chi connectivity index (χ0) is 14.4. The van der Waals surface area contributed by atoms with E-state index in [1.54, 1.807) is 0 Å². The molecular weight excluding hydrogens is 250 g/mol. The number of aliphatic carboxylic acids is 1. The van der Waals surface area contributed by atoms with Crippen molar-refractivity contribution in [3.63, 3.8) is 0 Å². The number of nitrogens with one attached hydrogen (secondary N) is 1. The van der Waals surface area contributed by atoms with Gasteiger partial charge in [0.05, 0.1) is 18.4 Å².